The monoisotopic (exact) mass is 330 g/mol. The van der Waals surface area contributed by atoms with E-state index in [-0.39, 0.29) is 5.91 Å². The number of aromatic nitrogens is 2. The van der Waals surface area contributed by atoms with Crippen LogP contribution < -0.4 is 15.4 Å². The molecule has 0 radical (unpaired) electrons. The Bertz CT molecular complexity index is 629. The van der Waals surface area contributed by atoms with Gasteiger partial charge >= 0.3 is 0 Å². The number of carbonyl (C=O) groups is 1. The van der Waals surface area contributed by atoms with Crippen molar-refractivity contribution < 1.29 is 14.3 Å². The quantitative estimate of drug-likeness (QED) is 0.678. The third-order valence-corrected chi connectivity index (χ3v) is 3.36. The van der Waals surface area contributed by atoms with Crippen LogP contribution >= 0.6 is 0 Å². The van der Waals surface area contributed by atoms with Crippen LogP contribution in [0.5, 0.6) is 5.75 Å². The molecule has 0 aliphatic heterocycles. The Kier molecular flexibility index (Phi) is 6.97. The second-order valence-electron chi connectivity index (χ2n) is 5.06. The second kappa shape index (κ2) is 9.46. The van der Waals surface area contributed by atoms with E-state index in [2.05, 4.69) is 20.6 Å². The van der Waals surface area contributed by atoms with Crippen LogP contribution in [-0.2, 0) is 11.2 Å². The van der Waals surface area contributed by atoms with E-state index in [1.807, 2.05) is 24.3 Å². The number of hydrogen-bond donors (Lipinski definition) is 2. The molecule has 0 bridgehead atoms. The van der Waals surface area contributed by atoms with E-state index in [9.17, 15) is 4.79 Å². The van der Waals surface area contributed by atoms with Crippen LogP contribution in [0.15, 0.2) is 36.7 Å². The summed E-state index contributed by atoms with van der Waals surface area (Å²) in [7, 11) is 3.27. The Morgan fingerprint density at radius 1 is 1.08 bits per heavy atom. The standard InChI is InChI=1S/C17H22N4O3/c1-23-10-9-18-16-12-20-15(11-21-16)17(22)19-8-7-13-3-5-14(24-2)6-4-13/h3-6,11-12H,7-10H2,1-2H3,(H,18,21)(H,19,22). The van der Waals surface area contributed by atoms with E-state index in [0.717, 1.165) is 17.7 Å². The van der Waals surface area contributed by atoms with E-state index in [4.69, 9.17) is 9.47 Å². The van der Waals surface area contributed by atoms with Gasteiger partial charge in [-0.3, -0.25) is 4.79 Å². The minimum atomic E-state index is -0.237. The van der Waals surface area contributed by atoms with Gasteiger partial charge in [0.1, 0.15) is 17.3 Å². The smallest absolute Gasteiger partial charge is 0.271 e. The zero-order valence-electron chi connectivity index (χ0n) is 13.9. The molecule has 1 heterocycles. The highest BCUT2D eigenvalue weighted by molar-refractivity contribution is 5.91. The number of rotatable bonds is 9. The third kappa shape index (κ3) is 5.51. The zero-order valence-corrected chi connectivity index (χ0v) is 13.9. The van der Waals surface area contributed by atoms with Crippen molar-refractivity contribution in [2.45, 2.75) is 6.42 Å². The number of benzene rings is 1. The van der Waals surface area contributed by atoms with Crippen LogP contribution in [0.3, 0.4) is 0 Å². The summed E-state index contributed by atoms with van der Waals surface area (Å²) >= 11 is 0. The number of carbonyl (C=O) groups excluding carboxylic acids is 1. The van der Waals surface area contributed by atoms with E-state index < -0.39 is 0 Å². The van der Waals surface area contributed by atoms with Crippen LogP contribution in [-0.4, -0.2) is 49.8 Å². The van der Waals surface area contributed by atoms with Crippen molar-refractivity contribution in [1.82, 2.24) is 15.3 Å². The Hall–Kier alpha value is -2.67. The fourth-order valence-corrected chi connectivity index (χ4v) is 2.02. The largest absolute Gasteiger partial charge is 0.497 e. The highest BCUT2D eigenvalue weighted by atomic mass is 16.5. The second-order valence-corrected chi connectivity index (χ2v) is 5.06. The van der Waals surface area contributed by atoms with Crippen molar-refractivity contribution in [3.8, 4) is 5.75 Å². The Morgan fingerprint density at radius 2 is 1.88 bits per heavy atom. The molecule has 1 amide bonds. The molecule has 24 heavy (non-hydrogen) atoms. The zero-order chi connectivity index (χ0) is 17.2. The first-order valence-corrected chi connectivity index (χ1v) is 7.69. The SMILES string of the molecule is COCCNc1cnc(C(=O)NCCc2ccc(OC)cc2)cn1. The fourth-order valence-electron chi connectivity index (χ4n) is 2.02. The van der Waals surface area contributed by atoms with Gasteiger partial charge in [0.25, 0.3) is 5.91 Å². The van der Waals surface area contributed by atoms with Crippen LogP contribution in [0.25, 0.3) is 0 Å². The lowest BCUT2D eigenvalue weighted by Gasteiger charge is -2.07. The first kappa shape index (κ1) is 17.7. The molecule has 0 fully saturated rings. The maximum atomic E-state index is 12.0. The highest BCUT2D eigenvalue weighted by Crippen LogP contribution is 2.11. The van der Waals surface area contributed by atoms with Crippen LogP contribution in [0.1, 0.15) is 16.1 Å². The van der Waals surface area contributed by atoms with Crippen molar-refractivity contribution in [3.63, 3.8) is 0 Å². The predicted octanol–water partition coefficient (Wildman–Crippen LogP) is 1.52. The molecule has 7 heteroatoms. The lowest BCUT2D eigenvalue weighted by molar-refractivity contribution is 0.0949. The normalized spacial score (nSPS) is 10.2. The Balaban J connectivity index is 1.77. The first-order chi connectivity index (χ1) is 11.7. The van der Waals surface area contributed by atoms with Gasteiger partial charge < -0.3 is 20.1 Å². The lowest BCUT2D eigenvalue weighted by Crippen LogP contribution is -2.26. The topological polar surface area (TPSA) is 85.4 Å². The highest BCUT2D eigenvalue weighted by Gasteiger charge is 2.07. The van der Waals surface area contributed by atoms with Crippen LogP contribution in [0, 0.1) is 0 Å². The van der Waals surface area contributed by atoms with Crippen molar-refractivity contribution in [1.29, 1.82) is 0 Å². The number of ether oxygens (including phenoxy) is 2. The number of nitrogens with zero attached hydrogens (tertiary/aromatic N) is 2. The molecule has 7 nitrogen and oxygen atoms in total. The molecular formula is C17H22N4O3. The van der Waals surface area contributed by atoms with E-state index in [1.54, 1.807) is 14.2 Å². The van der Waals surface area contributed by atoms with Gasteiger partial charge in [-0.2, -0.15) is 0 Å². The Labute approximate surface area is 141 Å². The molecule has 1 aromatic heterocycles. The minimum absolute atomic E-state index is 0.237. The van der Waals surface area contributed by atoms with Gasteiger partial charge in [-0.05, 0) is 24.1 Å². The van der Waals surface area contributed by atoms with Crippen LogP contribution in [0.2, 0.25) is 0 Å². The number of amides is 1. The molecule has 1 aromatic carbocycles. The summed E-state index contributed by atoms with van der Waals surface area (Å²) in [5, 5.41) is 5.88. The Morgan fingerprint density at radius 3 is 2.50 bits per heavy atom. The molecular weight excluding hydrogens is 308 g/mol. The van der Waals surface area contributed by atoms with Crippen molar-refractivity contribution in [2.24, 2.45) is 0 Å². The minimum Gasteiger partial charge on any atom is -0.497 e. The molecule has 128 valence electrons. The molecule has 2 rings (SSSR count). The van der Waals surface area contributed by atoms with Gasteiger partial charge in [0, 0.05) is 20.2 Å². The number of methoxy groups -OCH3 is 2. The molecule has 2 N–H and O–H groups in total. The third-order valence-electron chi connectivity index (χ3n) is 3.36. The summed E-state index contributed by atoms with van der Waals surface area (Å²) in [5.41, 5.74) is 1.42. The maximum absolute atomic E-state index is 12.0. The van der Waals surface area contributed by atoms with E-state index in [1.165, 1.54) is 12.4 Å². The molecule has 2 aromatic rings. The first-order valence-electron chi connectivity index (χ1n) is 7.69. The molecule has 0 atom stereocenters. The van der Waals surface area contributed by atoms with E-state index >= 15 is 0 Å². The molecule has 0 aliphatic carbocycles. The fraction of sp³-hybridized carbons (Fsp3) is 0.353. The molecule has 0 saturated carbocycles. The van der Waals surface area contributed by atoms with Crippen molar-refractivity contribution >= 4 is 11.7 Å². The molecule has 0 saturated heterocycles. The van der Waals surface area contributed by atoms with Gasteiger partial charge in [0.2, 0.25) is 0 Å². The van der Waals surface area contributed by atoms with Crippen LogP contribution in [0.4, 0.5) is 5.82 Å². The summed E-state index contributed by atoms with van der Waals surface area (Å²) in [4.78, 5) is 20.3. The molecule has 0 spiro atoms. The van der Waals surface area contributed by atoms with Gasteiger partial charge in [-0.1, -0.05) is 12.1 Å². The van der Waals surface area contributed by atoms with Gasteiger partial charge in [0.05, 0.1) is 26.1 Å². The van der Waals surface area contributed by atoms with Gasteiger partial charge in [0.15, 0.2) is 0 Å². The number of nitrogens with one attached hydrogen (secondary N) is 2. The molecule has 0 unspecified atom stereocenters. The average molecular weight is 330 g/mol. The summed E-state index contributed by atoms with van der Waals surface area (Å²) in [6, 6.07) is 7.76. The van der Waals surface area contributed by atoms with Gasteiger partial charge in [-0.25, -0.2) is 9.97 Å². The predicted molar refractivity (Wildman–Crippen MR) is 91.4 cm³/mol. The summed E-state index contributed by atoms with van der Waals surface area (Å²) in [5.74, 6) is 1.19. The average Bonchev–Trinajstić information content (AvgIpc) is 2.63. The summed E-state index contributed by atoms with van der Waals surface area (Å²) in [6.45, 7) is 1.74. The van der Waals surface area contributed by atoms with Gasteiger partial charge in [-0.15, -0.1) is 0 Å². The number of hydrogen-bond acceptors (Lipinski definition) is 6. The number of anilines is 1. The summed E-state index contributed by atoms with van der Waals surface area (Å²) in [6.07, 6.45) is 3.73. The van der Waals surface area contributed by atoms with Crippen molar-refractivity contribution in [3.05, 3.63) is 47.9 Å². The molecule has 0 aliphatic rings. The maximum Gasteiger partial charge on any atom is 0.271 e. The lowest BCUT2D eigenvalue weighted by atomic mass is 10.1. The summed E-state index contributed by atoms with van der Waals surface area (Å²) < 4.78 is 10.1. The van der Waals surface area contributed by atoms with Crippen molar-refractivity contribution in [2.75, 3.05) is 39.2 Å². The van der Waals surface area contributed by atoms with E-state index in [0.29, 0.717) is 31.2 Å².